The highest BCUT2D eigenvalue weighted by atomic mass is 16.6. The van der Waals surface area contributed by atoms with Crippen molar-refractivity contribution in [1.82, 2.24) is 49.9 Å². The first-order chi connectivity index (χ1) is 59.7. The van der Waals surface area contributed by atoms with Crippen LogP contribution in [0.25, 0.3) is 11.1 Å². The number of aromatic nitrogens is 6. The zero-order chi connectivity index (χ0) is 84.0. The van der Waals surface area contributed by atoms with Crippen molar-refractivity contribution in [2.75, 3.05) is 40.5 Å². The minimum absolute atomic E-state index is 0.0352. The van der Waals surface area contributed by atoms with E-state index in [1.165, 1.54) is 10.8 Å². The third-order valence-corrected chi connectivity index (χ3v) is 23.2. The number of fused-ring (bicyclic) bond motifs is 3. The van der Waals surface area contributed by atoms with Gasteiger partial charge in [0.25, 0.3) is 5.56 Å². The van der Waals surface area contributed by atoms with Crippen LogP contribution in [0.15, 0.2) is 350 Å². The number of hydrogen-bond donors (Lipinski definition) is 6. The molecule has 22 heteroatoms. The van der Waals surface area contributed by atoms with Crippen LogP contribution in [0.3, 0.4) is 0 Å². The third-order valence-electron chi connectivity index (χ3n) is 23.2. The first-order valence-corrected chi connectivity index (χ1v) is 40.8. The van der Waals surface area contributed by atoms with Crippen LogP contribution in [-0.4, -0.2) is 122 Å². The molecule has 16 rings (SSSR count). The van der Waals surface area contributed by atoms with Gasteiger partial charge in [0, 0.05) is 68.8 Å². The number of alkyl carbamates (subject to hydrolysis) is 1. The van der Waals surface area contributed by atoms with Gasteiger partial charge in [0.2, 0.25) is 17.7 Å². The second kappa shape index (κ2) is 36.9. The number of methoxy groups -OCH3 is 2. The largest absolute Gasteiger partial charge is 0.497 e. The molecule has 0 radical (unpaired) electrons. The Morgan fingerprint density at radius 3 is 1.33 bits per heavy atom. The van der Waals surface area contributed by atoms with E-state index in [1.54, 1.807) is 26.9 Å². The van der Waals surface area contributed by atoms with Crippen molar-refractivity contribution in [2.45, 2.75) is 85.2 Å². The summed E-state index contributed by atoms with van der Waals surface area (Å²) < 4.78 is 36.0. The molecule has 14 aromatic rings. The van der Waals surface area contributed by atoms with E-state index in [9.17, 15) is 24.3 Å². The second-order valence-electron chi connectivity index (χ2n) is 30.4. The predicted molar refractivity (Wildman–Crippen MR) is 463 cm³/mol. The average molecular weight is 1630 g/mol. The number of benzene rings is 11. The number of nitrogens with one attached hydrogen (secondary N) is 5. The molecule has 4 amide bonds. The monoisotopic (exact) mass is 1620 g/mol. The van der Waals surface area contributed by atoms with Crippen LogP contribution < -0.4 is 42.0 Å². The number of ether oxygens (including phenoxy) is 5. The fraction of sp³-hybridized carbons (Fsp3) is 0.200. The van der Waals surface area contributed by atoms with Crippen LogP contribution in [0.4, 0.5) is 4.79 Å². The summed E-state index contributed by atoms with van der Waals surface area (Å²) in [6.45, 7) is -0.410. The molecule has 11 aromatic carbocycles. The van der Waals surface area contributed by atoms with Crippen molar-refractivity contribution in [1.29, 1.82) is 0 Å². The number of aliphatic hydroxyl groups is 1. The molecule has 2 aliphatic rings. The van der Waals surface area contributed by atoms with Gasteiger partial charge in [0.05, 0.1) is 51.0 Å². The maximum Gasteiger partial charge on any atom is 0.407 e. The van der Waals surface area contributed by atoms with Gasteiger partial charge in [-0.25, -0.2) is 19.6 Å². The minimum Gasteiger partial charge on any atom is -0.497 e. The van der Waals surface area contributed by atoms with Crippen LogP contribution in [0, 0.1) is 0 Å². The van der Waals surface area contributed by atoms with E-state index in [4.69, 9.17) is 33.7 Å². The molecule has 6 N–H and O–H groups in total. The number of amides is 4. The van der Waals surface area contributed by atoms with E-state index < -0.39 is 82.3 Å². The van der Waals surface area contributed by atoms with E-state index >= 15 is 9.59 Å². The number of aliphatic hydroxyl groups excluding tert-OH is 1. The summed E-state index contributed by atoms with van der Waals surface area (Å²) in [7, 11) is 3.18. The van der Waals surface area contributed by atoms with Crippen molar-refractivity contribution in [3.63, 3.8) is 0 Å². The Morgan fingerprint density at radius 1 is 0.484 bits per heavy atom. The molecule has 0 bridgehead atoms. The number of aryl methyl sites for hydroxylation is 1. The number of nitrogens with zero attached hydrogens (tertiary/aromatic N) is 5. The van der Waals surface area contributed by atoms with Gasteiger partial charge in [-0.15, -0.1) is 0 Å². The number of imidazole rings is 2. The lowest BCUT2D eigenvalue weighted by molar-refractivity contribution is -0.130. The lowest BCUT2D eigenvalue weighted by Gasteiger charge is -2.37. The van der Waals surface area contributed by atoms with Gasteiger partial charge in [-0.3, -0.25) is 28.7 Å². The van der Waals surface area contributed by atoms with Gasteiger partial charge < -0.3 is 59.2 Å². The number of aromatic amines is 1. The van der Waals surface area contributed by atoms with Gasteiger partial charge >= 0.3 is 11.8 Å². The number of rotatable bonds is 33. The summed E-state index contributed by atoms with van der Waals surface area (Å²) in [4.78, 5) is 99.5. The van der Waals surface area contributed by atoms with Crippen LogP contribution in [0.1, 0.15) is 103 Å². The first kappa shape index (κ1) is 81.4. The lowest BCUT2D eigenvalue weighted by atomic mass is 9.77. The predicted octanol–water partition coefficient (Wildman–Crippen LogP) is 13.3. The molecular formula is C100H92N10O12. The maximum absolute atomic E-state index is 15.8. The summed E-state index contributed by atoms with van der Waals surface area (Å²) in [5.41, 5.74) is 8.21. The molecule has 1 saturated heterocycles. The molecule has 122 heavy (non-hydrogen) atoms. The van der Waals surface area contributed by atoms with Crippen molar-refractivity contribution in [3.05, 3.63) is 440 Å². The summed E-state index contributed by atoms with van der Waals surface area (Å²) in [6, 6.07) is 98.3. The van der Waals surface area contributed by atoms with Gasteiger partial charge in [0.1, 0.15) is 59.2 Å². The molecule has 0 saturated carbocycles. The maximum atomic E-state index is 15.8. The molecule has 4 heterocycles. The first-order valence-electron chi connectivity index (χ1n) is 40.8. The van der Waals surface area contributed by atoms with E-state index in [0.29, 0.717) is 22.9 Å². The highest BCUT2D eigenvalue weighted by molar-refractivity contribution is 5.92. The topological polar surface area (TPSA) is 273 Å². The van der Waals surface area contributed by atoms with Crippen LogP contribution in [0.2, 0.25) is 0 Å². The quantitative estimate of drug-likeness (QED) is 0.0165. The molecule has 3 aromatic heterocycles. The molecule has 2 unspecified atom stereocenters. The van der Waals surface area contributed by atoms with E-state index in [2.05, 4.69) is 99.0 Å². The number of hydrogen-bond acceptors (Lipinski definition) is 14. The van der Waals surface area contributed by atoms with Crippen LogP contribution in [0.5, 0.6) is 11.5 Å². The van der Waals surface area contributed by atoms with Crippen molar-refractivity contribution in [3.8, 4) is 22.6 Å². The highest BCUT2D eigenvalue weighted by Crippen LogP contribution is 2.47. The van der Waals surface area contributed by atoms with Gasteiger partial charge in [0.15, 0.2) is 0 Å². The lowest BCUT2D eigenvalue weighted by Crippen LogP contribution is -2.55. The Morgan fingerprint density at radius 2 is 0.885 bits per heavy atom. The number of H-pyrrole nitrogens is 1. The fourth-order valence-corrected chi connectivity index (χ4v) is 17.3. The number of carbonyl (C=O) groups excluding carboxylic acids is 4. The molecule has 1 aliphatic heterocycles. The van der Waals surface area contributed by atoms with Gasteiger partial charge in [-0.2, -0.15) is 0 Å². The standard InChI is InChI=1S/C100H92N10O12/c1-118-80-51-47-76(48-52-80)100(75-40-22-9-23-41-75,77-49-53-81(119-2)54-50-77)121-65-90-89(111)60-92(122-90)110-61-68(93(113)107-96(110)116)46-55-91(112)101-56-57-102-94(114)87(58-78-62-108(66-103-78)98(69-28-10-3-11-29-69,70-30-12-4-13-31-70)71-32-14-5-15-33-71)105-95(115)88(106-97(117)120-64-86-84-44-26-24-42-82(84)83-43-25-27-45-85(83)86)59-79-63-109(67-104-79)99(72-34-16-6-17-35-72,73-36-18-7-19-37-73)74-38-20-8-21-39-74/h3-45,47-54,61-63,66-67,86-90,92,111H,46,55-60,64-65H2,1-2H3,(H,101,112)(H,102,114)(H,105,115)(H,106,117)(H,107,113,116)/t87?,88?,89-,90+,92+/m0/s1. The van der Waals surface area contributed by atoms with E-state index in [0.717, 1.165) is 72.3 Å². The molecule has 614 valence electrons. The van der Waals surface area contributed by atoms with Gasteiger partial charge in [-0.1, -0.05) is 285 Å². The molecule has 5 atom stereocenters. The van der Waals surface area contributed by atoms with E-state index in [-0.39, 0.29) is 69.9 Å². The van der Waals surface area contributed by atoms with Gasteiger partial charge in [-0.05, 0) is 103 Å². The Hall–Kier alpha value is -14.3. The Balaban J connectivity index is 0.657. The summed E-state index contributed by atoms with van der Waals surface area (Å²) >= 11 is 0. The molecule has 22 nitrogen and oxygen atoms in total. The SMILES string of the molecule is COc1ccc(C(OC[C@H]2O[C@@H](n3cc(CCC(=O)NCCNC(=O)C(Cc4cn(C(c5ccccc5)(c5ccccc5)c5ccccc5)cn4)NC(=O)C(Cc4cn(C(c5ccccc5)(c5ccccc5)c5ccccc5)cn4)NC(=O)OCC4c5ccccc5-c5ccccc54)c(=O)[nH]c3=O)C[C@@H]2O)(c2ccccc2)c2ccc(OC)cc2)cc1. The number of carbonyl (C=O) groups is 4. The van der Waals surface area contributed by atoms with E-state index in [1.807, 2.05) is 258 Å². The summed E-state index contributed by atoms with van der Waals surface area (Å²) in [5, 5.41) is 23.5. The third kappa shape index (κ3) is 16.8. The Bertz CT molecular complexity index is 5750. The van der Waals surface area contributed by atoms with Crippen molar-refractivity contribution in [2.24, 2.45) is 0 Å². The highest BCUT2D eigenvalue weighted by Gasteiger charge is 2.45. The van der Waals surface area contributed by atoms with Crippen molar-refractivity contribution >= 4 is 23.8 Å². The van der Waals surface area contributed by atoms with Crippen molar-refractivity contribution < 1.29 is 48.0 Å². The van der Waals surface area contributed by atoms with Crippen LogP contribution >= 0.6 is 0 Å². The average Bonchev–Trinajstić information content (AvgIpc) is 1.31. The smallest absolute Gasteiger partial charge is 0.407 e. The molecule has 1 aliphatic carbocycles. The summed E-state index contributed by atoms with van der Waals surface area (Å²) in [5.74, 6) is -0.888. The normalized spacial score (nSPS) is 14.9. The zero-order valence-corrected chi connectivity index (χ0v) is 67.3. The molecule has 0 spiro atoms. The minimum atomic E-state index is -1.41. The summed E-state index contributed by atoms with van der Waals surface area (Å²) in [6.07, 6.45) is 3.88. The second-order valence-corrected chi connectivity index (χ2v) is 30.4. The Kier molecular flexibility index (Phi) is 24.6. The van der Waals surface area contributed by atoms with Crippen LogP contribution in [-0.2, 0) is 64.5 Å². The fourth-order valence-electron chi connectivity index (χ4n) is 17.3. The Labute approximate surface area is 705 Å². The zero-order valence-electron chi connectivity index (χ0n) is 67.3. The molecular weight excluding hydrogens is 1530 g/mol. The molecule has 1 fully saturated rings.